The van der Waals surface area contributed by atoms with E-state index in [4.69, 9.17) is 19.7 Å². The number of methoxy groups -OCH3 is 2. The van der Waals surface area contributed by atoms with Gasteiger partial charge in [-0.2, -0.15) is 4.98 Å². The maximum Gasteiger partial charge on any atom is 0.265 e. The van der Waals surface area contributed by atoms with Gasteiger partial charge in [0.2, 0.25) is 0 Å². The van der Waals surface area contributed by atoms with Crippen LogP contribution < -0.4 is 15.2 Å². The van der Waals surface area contributed by atoms with Crippen LogP contribution in [0.25, 0.3) is 11.5 Å². The lowest BCUT2D eigenvalue weighted by Crippen LogP contribution is -2.10. The molecular formula is C13H17N3O3. The van der Waals surface area contributed by atoms with Gasteiger partial charge in [0, 0.05) is 12.5 Å². The second kappa shape index (κ2) is 5.71. The van der Waals surface area contributed by atoms with Crippen molar-refractivity contribution in [3.63, 3.8) is 0 Å². The fourth-order valence-corrected chi connectivity index (χ4v) is 1.70. The second-order valence-electron chi connectivity index (χ2n) is 4.13. The molecule has 0 fully saturated rings. The Hall–Kier alpha value is -2.08. The SMILES string of the molecule is COc1cccc(OC)c1-c1nc(C(C)CN)no1. The van der Waals surface area contributed by atoms with E-state index in [-0.39, 0.29) is 5.92 Å². The van der Waals surface area contributed by atoms with Crippen LogP contribution in [0.2, 0.25) is 0 Å². The summed E-state index contributed by atoms with van der Waals surface area (Å²) in [6.45, 7) is 2.40. The van der Waals surface area contributed by atoms with E-state index in [0.29, 0.717) is 35.3 Å². The van der Waals surface area contributed by atoms with Crippen molar-refractivity contribution in [3.05, 3.63) is 24.0 Å². The van der Waals surface area contributed by atoms with Crippen molar-refractivity contribution in [2.24, 2.45) is 5.73 Å². The first-order chi connectivity index (χ1) is 9.21. The maximum absolute atomic E-state index is 5.59. The van der Waals surface area contributed by atoms with E-state index in [9.17, 15) is 0 Å². The van der Waals surface area contributed by atoms with Crippen molar-refractivity contribution in [1.29, 1.82) is 0 Å². The number of hydrogen-bond donors (Lipinski definition) is 1. The average molecular weight is 263 g/mol. The zero-order chi connectivity index (χ0) is 13.8. The predicted octanol–water partition coefficient (Wildman–Crippen LogP) is 1.82. The van der Waals surface area contributed by atoms with Crippen LogP contribution in [-0.2, 0) is 0 Å². The van der Waals surface area contributed by atoms with E-state index in [2.05, 4.69) is 10.1 Å². The molecule has 0 radical (unpaired) electrons. The van der Waals surface area contributed by atoms with Gasteiger partial charge in [0.15, 0.2) is 5.82 Å². The molecule has 0 aliphatic heterocycles. The minimum absolute atomic E-state index is 0.0400. The molecule has 6 heteroatoms. The summed E-state index contributed by atoms with van der Waals surface area (Å²) in [4.78, 5) is 4.35. The molecule has 1 aromatic heterocycles. The molecule has 1 aromatic carbocycles. The Bertz CT molecular complexity index is 532. The summed E-state index contributed by atoms with van der Waals surface area (Å²) in [5, 5.41) is 3.94. The van der Waals surface area contributed by atoms with Crippen LogP contribution >= 0.6 is 0 Å². The molecule has 1 atom stereocenters. The lowest BCUT2D eigenvalue weighted by Gasteiger charge is -2.09. The van der Waals surface area contributed by atoms with E-state index in [1.807, 2.05) is 25.1 Å². The summed E-state index contributed by atoms with van der Waals surface area (Å²) >= 11 is 0. The van der Waals surface area contributed by atoms with Crippen LogP contribution in [-0.4, -0.2) is 30.9 Å². The number of hydrogen-bond acceptors (Lipinski definition) is 6. The third-order valence-corrected chi connectivity index (χ3v) is 2.88. The molecule has 1 heterocycles. The van der Waals surface area contributed by atoms with E-state index in [1.54, 1.807) is 14.2 Å². The molecule has 0 aliphatic rings. The normalized spacial score (nSPS) is 12.2. The van der Waals surface area contributed by atoms with Crippen LogP contribution in [0, 0.1) is 0 Å². The summed E-state index contributed by atoms with van der Waals surface area (Å²) in [5.41, 5.74) is 6.24. The average Bonchev–Trinajstić information content (AvgIpc) is 2.94. The van der Waals surface area contributed by atoms with Gasteiger partial charge in [-0.05, 0) is 12.1 Å². The molecule has 2 rings (SSSR count). The van der Waals surface area contributed by atoms with Gasteiger partial charge in [0.25, 0.3) is 5.89 Å². The number of nitrogens with zero attached hydrogens (tertiary/aromatic N) is 2. The van der Waals surface area contributed by atoms with Gasteiger partial charge in [-0.3, -0.25) is 0 Å². The highest BCUT2D eigenvalue weighted by molar-refractivity contribution is 5.70. The molecule has 0 spiro atoms. The van der Waals surface area contributed by atoms with Crippen molar-refractivity contribution in [3.8, 4) is 23.0 Å². The number of benzene rings is 1. The first-order valence-corrected chi connectivity index (χ1v) is 5.96. The zero-order valence-corrected chi connectivity index (χ0v) is 11.2. The molecule has 19 heavy (non-hydrogen) atoms. The van der Waals surface area contributed by atoms with Gasteiger partial charge in [0.1, 0.15) is 17.1 Å². The fourth-order valence-electron chi connectivity index (χ4n) is 1.70. The van der Waals surface area contributed by atoms with Crippen LogP contribution in [0.1, 0.15) is 18.7 Å². The van der Waals surface area contributed by atoms with E-state index in [1.165, 1.54) is 0 Å². The molecular weight excluding hydrogens is 246 g/mol. The number of aromatic nitrogens is 2. The van der Waals surface area contributed by atoms with Crippen molar-refractivity contribution >= 4 is 0 Å². The highest BCUT2D eigenvalue weighted by atomic mass is 16.5. The van der Waals surface area contributed by atoms with Crippen molar-refractivity contribution in [2.45, 2.75) is 12.8 Å². The molecule has 2 aromatic rings. The topological polar surface area (TPSA) is 83.4 Å². The van der Waals surface area contributed by atoms with Gasteiger partial charge in [-0.25, -0.2) is 0 Å². The summed E-state index contributed by atoms with van der Waals surface area (Å²) in [6.07, 6.45) is 0. The second-order valence-corrected chi connectivity index (χ2v) is 4.13. The van der Waals surface area contributed by atoms with Crippen LogP contribution in [0.5, 0.6) is 11.5 Å². The monoisotopic (exact) mass is 263 g/mol. The smallest absolute Gasteiger partial charge is 0.265 e. The highest BCUT2D eigenvalue weighted by Gasteiger charge is 2.20. The Balaban J connectivity index is 2.48. The third-order valence-electron chi connectivity index (χ3n) is 2.88. The van der Waals surface area contributed by atoms with E-state index in [0.717, 1.165) is 0 Å². The van der Waals surface area contributed by atoms with Crippen LogP contribution in [0.15, 0.2) is 22.7 Å². The minimum Gasteiger partial charge on any atom is -0.496 e. The molecule has 0 amide bonds. The molecule has 102 valence electrons. The summed E-state index contributed by atoms with van der Waals surface area (Å²) in [7, 11) is 3.16. The molecule has 1 unspecified atom stereocenters. The summed E-state index contributed by atoms with van der Waals surface area (Å²) in [5.74, 6) is 2.22. The van der Waals surface area contributed by atoms with Crippen molar-refractivity contribution in [2.75, 3.05) is 20.8 Å². The largest absolute Gasteiger partial charge is 0.496 e. The zero-order valence-electron chi connectivity index (χ0n) is 11.2. The van der Waals surface area contributed by atoms with Gasteiger partial charge >= 0.3 is 0 Å². The molecule has 0 aliphatic carbocycles. The lowest BCUT2D eigenvalue weighted by molar-refractivity contribution is 0.383. The lowest BCUT2D eigenvalue weighted by atomic mass is 10.1. The number of ether oxygens (including phenoxy) is 2. The van der Waals surface area contributed by atoms with Crippen LogP contribution in [0.3, 0.4) is 0 Å². The first kappa shape index (κ1) is 13.4. The van der Waals surface area contributed by atoms with Crippen LogP contribution in [0.4, 0.5) is 0 Å². The Morgan fingerprint density at radius 1 is 1.26 bits per heavy atom. The van der Waals surface area contributed by atoms with Gasteiger partial charge in [0.05, 0.1) is 14.2 Å². The maximum atomic E-state index is 5.59. The standard InChI is InChI=1S/C13H17N3O3/c1-8(7-14)12-15-13(19-16-12)11-9(17-2)5-4-6-10(11)18-3/h4-6,8H,7,14H2,1-3H3. The number of rotatable bonds is 5. The first-order valence-electron chi connectivity index (χ1n) is 5.96. The number of nitrogens with two attached hydrogens (primary N) is 1. The predicted molar refractivity (Wildman–Crippen MR) is 70.3 cm³/mol. The summed E-state index contributed by atoms with van der Waals surface area (Å²) < 4.78 is 15.9. The van der Waals surface area contributed by atoms with Gasteiger partial charge in [-0.15, -0.1) is 0 Å². The summed E-state index contributed by atoms with van der Waals surface area (Å²) in [6, 6.07) is 5.46. The molecule has 0 bridgehead atoms. The minimum atomic E-state index is 0.0400. The van der Waals surface area contributed by atoms with Crippen molar-refractivity contribution < 1.29 is 14.0 Å². The molecule has 2 N–H and O–H groups in total. The Morgan fingerprint density at radius 3 is 2.42 bits per heavy atom. The van der Waals surface area contributed by atoms with Gasteiger partial charge < -0.3 is 19.7 Å². The molecule has 0 saturated heterocycles. The van der Waals surface area contributed by atoms with E-state index >= 15 is 0 Å². The molecule has 0 saturated carbocycles. The fraction of sp³-hybridized carbons (Fsp3) is 0.385. The Labute approximate surface area is 111 Å². The molecule has 6 nitrogen and oxygen atoms in total. The Morgan fingerprint density at radius 2 is 1.89 bits per heavy atom. The highest BCUT2D eigenvalue weighted by Crippen LogP contribution is 2.37. The Kier molecular flexibility index (Phi) is 4.01. The quantitative estimate of drug-likeness (QED) is 0.885. The van der Waals surface area contributed by atoms with E-state index < -0.39 is 0 Å². The van der Waals surface area contributed by atoms with Crippen molar-refractivity contribution in [1.82, 2.24) is 10.1 Å². The van der Waals surface area contributed by atoms with Gasteiger partial charge in [-0.1, -0.05) is 18.1 Å². The third kappa shape index (κ3) is 2.53.